The zero-order chi connectivity index (χ0) is 18.8. The molecular weight excluding hydrogens is 347 g/mol. The summed E-state index contributed by atoms with van der Waals surface area (Å²) in [7, 11) is 0. The summed E-state index contributed by atoms with van der Waals surface area (Å²) in [5.41, 5.74) is 6.31. The van der Waals surface area contributed by atoms with Crippen LogP contribution in [-0.2, 0) is 6.54 Å². The number of benzene rings is 2. The molecule has 5 nitrogen and oxygen atoms in total. The first-order valence-corrected chi connectivity index (χ1v) is 7.96. The molecule has 0 bridgehead atoms. The van der Waals surface area contributed by atoms with Crippen LogP contribution in [0.3, 0.4) is 0 Å². The number of amides is 1. The highest BCUT2D eigenvalue weighted by molar-refractivity contribution is 6.04. The first-order chi connectivity index (χ1) is 12.4. The number of nitrogens with two attached hydrogens (primary N) is 1. The second-order valence-electron chi connectivity index (χ2n) is 5.66. The van der Waals surface area contributed by atoms with E-state index < -0.39 is 18.3 Å². The number of fused-ring (bicyclic) bond motifs is 1. The Morgan fingerprint density at radius 1 is 1.31 bits per heavy atom. The van der Waals surface area contributed by atoms with E-state index in [2.05, 4.69) is 9.84 Å². The van der Waals surface area contributed by atoms with Gasteiger partial charge in [-0.2, -0.15) is 13.9 Å². The van der Waals surface area contributed by atoms with Crippen molar-refractivity contribution in [3.8, 4) is 17.0 Å². The smallest absolute Gasteiger partial charge is 0.387 e. The Labute approximate surface area is 147 Å². The molecule has 0 spiro atoms. The van der Waals surface area contributed by atoms with Crippen LogP contribution in [0.2, 0.25) is 0 Å². The van der Waals surface area contributed by atoms with Crippen LogP contribution in [0.15, 0.2) is 36.4 Å². The average Bonchev–Trinajstić information content (AvgIpc) is 2.94. The van der Waals surface area contributed by atoms with Crippen molar-refractivity contribution in [2.24, 2.45) is 5.73 Å². The summed E-state index contributed by atoms with van der Waals surface area (Å²) in [5, 5.41) is 4.88. The van der Waals surface area contributed by atoms with Gasteiger partial charge in [-0.3, -0.25) is 9.48 Å². The summed E-state index contributed by atoms with van der Waals surface area (Å²) in [4.78, 5) is 11.7. The van der Waals surface area contributed by atoms with Gasteiger partial charge in [-0.1, -0.05) is 19.1 Å². The molecule has 0 aliphatic carbocycles. The van der Waals surface area contributed by atoms with E-state index in [9.17, 15) is 18.0 Å². The van der Waals surface area contributed by atoms with Gasteiger partial charge in [0.05, 0.1) is 0 Å². The quantitative estimate of drug-likeness (QED) is 0.721. The third kappa shape index (κ3) is 3.22. The molecule has 0 radical (unpaired) electrons. The third-order valence-electron chi connectivity index (χ3n) is 3.89. The molecule has 0 aliphatic rings. The Morgan fingerprint density at radius 2 is 2.08 bits per heavy atom. The predicted octanol–water partition coefficient (Wildman–Crippen LogP) is 3.95. The van der Waals surface area contributed by atoms with E-state index in [1.165, 1.54) is 22.9 Å². The molecule has 3 rings (SSSR count). The summed E-state index contributed by atoms with van der Waals surface area (Å²) in [6, 6.07) is 8.14. The molecule has 0 aliphatic heterocycles. The minimum absolute atomic E-state index is 0.0401. The van der Waals surface area contributed by atoms with Gasteiger partial charge < -0.3 is 10.5 Å². The molecule has 136 valence electrons. The zero-order valence-corrected chi connectivity index (χ0v) is 13.9. The third-order valence-corrected chi connectivity index (χ3v) is 3.89. The number of carbonyl (C=O) groups excluding carboxylic acids is 1. The van der Waals surface area contributed by atoms with Crippen molar-refractivity contribution in [3.63, 3.8) is 0 Å². The van der Waals surface area contributed by atoms with E-state index in [1.54, 1.807) is 6.07 Å². The van der Waals surface area contributed by atoms with Gasteiger partial charge in [0.15, 0.2) is 5.75 Å². The van der Waals surface area contributed by atoms with E-state index in [0.717, 1.165) is 12.1 Å². The van der Waals surface area contributed by atoms with E-state index in [-0.39, 0.29) is 22.6 Å². The van der Waals surface area contributed by atoms with Crippen LogP contribution in [0.25, 0.3) is 22.2 Å². The molecule has 0 fully saturated rings. The number of aryl methyl sites for hydroxylation is 1. The highest BCUT2D eigenvalue weighted by atomic mass is 19.3. The Bertz CT molecular complexity index is 970. The van der Waals surface area contributed by atoms with Crippen LogP contribution in [0.5, 0.6) is 5.75 Å². The molecule has 1 heterocycles. The molecule has 0 saturated heterocycles. The molecule has 1 amide bonds. The van der Waals surface area contributed by atoms with Gasteiger partial charge in [-0.25, -0.2) is 4.39 Å². The van der Waals surface area contributed by atoms with Gasteiger partial charge in [0.1, 0.15) is 17.0 Å². The molecule has 2 N–H and O–H groups in total. The molecule has 0 saturated carbocycles. The normalized spacial score (nSPS) is 11.3. The number of primary amides is 1. The monoisotopic (exact) mass is 363 g/mol. The molecule has 3 aromatic rings. The maximum absolute atomic E-state index is 13.8. The minimum atomic E-state index is -3.00. The second-order valence-corrected chi connectivity index (χ2v) is 5.66. The molecular formula is C18H16F3N3O2. The largest absolute Gasteiger partial charge is 0.433 e. The first kappa shape index (κ1) is 17.8. The maximum atomic E-state index is 13.8. The Kier molecular flexibility index (Phi) is 4.83. The number of halogens is 3. The van der Waals surface area contributed by atoms with E-state index in [4.69, 9.17) is 5.73 Å². The van der Waals surface area contributed by atoms with Gasteiger partial charge in [0, 0.05) is 23.1 Å². The molecule has 2 aromatic carbocycles. The fourth-order valence-electron chi connectivity index (χ4n) is 2.90. The fourth-order valence-corrected chi connectivity index (χ4v) is 2.90. The van der Waals surface area contributed by atoms with Crippen molar-refractivity contribution in [3.05, 3.63) is 47.8 Å². The number of rotatable bonds is 6. The first-order valence-electron chi connectivity index (χ1n) is 7.96. The lowest BCUT2D eigenvalue weighted by atomic mass is 10.0. The highest BCUT2D eigenvalue weighted by Gasteiger charge is 2.21. The topological polar surface area (TPSA) is 70.1 Å². The summed E-state index contributed by atoms with van der Waals surface area (Å²) in [6.07, 6.45) is 0.686. The summed E-state index contributed by atoms with van der Waals surface area (Å²) in [5.74, 6) is -1.34. The van der Waals surface area contributed by atoms with Crippen molar-refractivity contribution in [1.82, 2.24) is 9.78 Å². The highest BCUT2D eigenvalue weighted by Crippen LogP contribution is 2.36. The van der Waals surface area contributed by atoms with Crippen molar-refractivity contribution in [2.75, 3.05) is 0 Å². The Balaban J connectivity index is 2.32. The summed E-state index contributed by atoms with van der Waals surface area (Å²) < 4.78 is 45.4. The summed E-state index contributed by atoms with van der Waals surface area (Å²) >= 11 is 0. The fraction of sp³-hybridized carbons (Fsp3) is 0.222. The standard InChI is InChI=1S/C18H16F3N3O2/c1-2-8-24-16-12(4-3-5-14(16)26-18(20)21)15(23-24)13-9-10(19)6-7-11(13)17(22)25/h3-7,9,18H,2,8H2,1H3,(H2,22,25). The molecule has 0 unspecified atom stereocenters. The van der Waals surface area contributed by atoms with Crippen molar-refractivity contribution >= 4 is 16.8 Å². The van der Waals surface area contributed by atoms with Crippen molar-refractivity contribution in [1.29, 1.82) is 0 Å². The van der Waals surface area contributed by atoms with Crippen LogP contribution >= 0.6 is 0 Å². The van der Waals surface area contributed by atoms with E-state index >= 15 is 0 Å². The number of nitrogens with zero attached hydrogens (tertiary/aromatic N) is 2. The number of para-hydroxylation sites is 1. The molecule has 8 heteroatoms. The average molecular weight is 363 g/mol. The predicted molar refractivity (Wildman–Crippen MR) is 90.6 cm³/mol. The lowest BCUT2D eigenvalue weighted by Gasteiger charge is -2.08. The van der Waals surface area contributed by atoms with Gasteiger partial charge in [-0.05, 0) is 30.7 Å². The number of aromatic nitrogens is 2. The minimum Gasteiger partial charge on any atom is -0.433 e. The molecule has 1 aromatic heterocycles. The number of hydrogen-bond donors (Lipinski definition) is 1. The summed E-state index contributed by atoms with van der Waals surface area (Å²) in [6.45, 7) is -0.661. The lowest BCUT2D eigenvalue weighted by Crippen LogP contribution is -2.12. The van der Waals surface area contributed by atoms with E-state index in [1.807, 2.05) is 6.92 Å². The van der Waals surface area contributed by atoms with Crippen molar-refractivity contribution in [2.45, 2.75) is 26.5 Å². The van der Waals surface area contributed by atoms with Crippen molar-refractivity contribution < 1.29 is 22.7 Å². The van der Waals surface area contributed by atoms with Crippen LogP contribution in [-0.4, -0.2) is 22.3 Å². The van der Waals surface area contributed by atoms with Gasteiger partial charge >= 0.3 is 6.61 Å². The molecule has 26 heavy (non-hydrogen) atoms. The van der Waals surface area contributed by atoms with Gasteiger partial charge in [0.2, 0.25) is 5.91 Å². The Morgan fingerprint density at radius 3 is 2.73 bits per heavy atom. The van der Waals surface area contributed by atoms with Crippen LogP contribution < -0.4 is 10.5 Å². The number of carbonyl (C=O) groups is 1. The van der Waals surface area contributed by atoms with Crippen LogP contribution in [0.4, 0.5) is 13.2 Å². The molecule has 0 atom stereocenters. The number of hydrogen-bond acceptors (Lipinski definition) is 3. The van der Waals surface area contributed by atoms with Gasteiger partial charge in [-0.15, -0.1) is 0 Å². The second kappa shape index (κ2) is 7.07. The number of alkyl halides is 2. The zero-order valence-electron chi connectivity index (χ0n) is 13.9. The van der Waals surface area contributed by atoms with Gasteiger partial charge in [0.25, 0.3) is 0 Å². The van der Waals surface area contributed by atoms with Crippen LogP contribution in [0.1, 0.15) is 23.7 Å². The van der Waals surface area contributed by atoms with Crippen LogP contribution in [0, 0.1) is 5.82 Å². The Hall–Kier alpha value is -3.03. The van der Waals surface area contributed by atoms with E-state index in [0.29, 0.717) is 23.9 Å². The number of ether oxygens (including phenoxy) is 1. The maximum Gasteiger partial charge on any atom is 0.387 e. The lowest BCUT2D eigenvalue weighted by molar-refractivity contribution is -0.0490. The SMILES string of the molecule is CCCn1nc(-c2cc(F)ccc2C(N)=O)c2cccc(OC(F)F)c21.